The van der Waals surface area contributed by atoms with Crippen molar-refractivity contribution in [3.63, 3.8) is 0 Å². The number of aliphatic hydroxyl groups is 1. The molecule has 2 heteroatoms. The average molecular weight is 441 g/mol. The van der Waals surface area contributed by atoms with Gasteiger partial charge < -0.3 is 9.90 Å². The fourth-order valence-corrected chi connectivity index (χ4v) is 10.5. The summed E-state index contributed by atoms with van der Waals surface area (Å²) in [7, 11) is 0. The van der Waals surface area contributed by atoms with Gasteiger partial charge in [-0.15, -0.1) is 0 Å². The van der Waals surface area contributed by atoms with Crippen LogP contribution in [0.15, 0.2) is 11.6 Å². The largest absolute Gasteiger partial charge is 0.393 e. The number of hydrogen-bond donors (Lipinski definition) is 1. The minimum absolute atomic E-state index is 0.00581. The third-order valence-corrected chi connectivity index (χ3v) is 12.9. The Labute approximate surface area is 197 Å². The molecule has 0 spiro atoms. The normalized spacial score (nSPS) is 53.7. The topological polar surface area (TPSA) is 37.3 Å². The molecule has 0 aliphatic heterocycles. The monoisotopic (exact) mass is 440 g/mol. The molecule has 3 unspecified atom stereocenters. The van der Waals surface area contributed by atoms with E-state index in [4.69, 9.17) is 0 Å². The van der Waals surface area contributed by atoms with Crippen LogP contribution in [0.4, 0.5) is 0 Å². The van der Waals surface area contributed by atoms with E-state index in [1.165, 1.54) is 44.8 Å². The first-order valence-corrected chi connectivity index (χ1v) is 13.6. The first kappa shape index (κ1) is 23.1. The zero-order chi connectivity index (χ0) is 23.4. The summed E-state index contributed by atoms with van der Waals surface area (Å²) in [5.74, 6) is 1.71. The number of fused-ring (bicyclic) bond motifs is 7. The standard InChI is InChI=1S/C30H48O2/c1-25(2)14-16-30(19-31)17-15-28(6)20(21(30)18-25)8-9-23-27(5)12-11-24(32)26(3,4)22(27)10-13-29(23,28)7/h8,19,21-24,32H,9-18H2,1-7H3/t21-,22?,23?,24?,27-,28-,29+,30+/m0/s1. The van der Waals surface area contributed by atoms with E-state index in [-0.39, 0.29) is 27.8 Å². The van der Waals surface area contributed by atoms with Gasteiger partial charge in [-0.2, -0.15) is 0 Å². The molecule has 0 aromatic heterocycles. The molecule has 4 fully saturated rings. The SMILES string of the molecule is CC1(C)CC[C@]2(C=O)CC[C@@]3(C)C(=CCC4[C@@]5(C)CCC(O)C(C)(C)C5CC[C@]43C)[C@@H]2C1. The second kappa shape index (κ2) is 6.73. The van der Waals surface area contributed by atoms with Crippen molar-refractivity contribution < 1.29 is 9.90 Å². The van der Waals surface area contributed by atoms with Crippen LogP contribution in [-0.4, -0.2) is 17.5 Å². The van der Waals surface area contributed by atoms with Crippen LogP contribution in [0.5, 0.6) is 0 Å². The van der Waals surface area contributed by atoms with Gasteiger partial charge in [0.1, 0.15) is 6.29 Å². The molecule has 0 aromatic carbocycles. The third kappa shape index (κ3) is 2.71. The molecule has 5 rings (SSSR count). The summed E-state index contributed by atoms with van der Waals surface area (Å²) < 4.78 is 0. The summed E-state index contributed by atoms with van der Waals surface area (Å²) in [6.07, 6.45) is 15.4. The highest BCUT2D eigenvalue weighted by Crippen LogP contribution is 2.75. The van der Waals surface area contributed by atoms with Crippen molar-refractivity contribution in [1.29, 1.82) is 0 Å². The number of allylic oxidation sites excluding steroid dienone is 2. The third-order valence-electron chi connectivity index (χ3n) is 12.9. The summed E-state index contributed by atoms with van der Waals surface area (Å²) in [5.41, 5.74) is 2.69. The van der Waals surface area contributed by atoms with Gasteiger partial charge in [0.15, 0.2) is 0 Å². The number of carbonyl (C=O) groups is 1. The van der Waals surface area contributed by atoms with E-state index in [1.807, 2.05) is 0 Å². The lowest BCUT2D eigenvalue weighted by atomic mass is 9.33. The molecule has 0 heterocycles. The zero-order valence-corrected chi connectivity index (χ0v) is 21.9. The molecular formula is C30H48O2. The number of hydrogen-bond acceptors (Lipinski definition) is 2. The van der Waals surface area contributed by atoms with Crippen LogP contribution < -0.4 is 0 Å². The van der Waals surface area contributed by atoms with Gasteiger partial charge in [-0.05, 0) is 109 Å². The van der Waals surface area contributed by atoms with Crippen molar-refractivity contribution in [3.8, 4) is 0 Å². The van der Waals surface area contributed by atoms with E-state index in [9.17, 15) is 9.90 Å². The van der Waals surface area contributed by atoms with Crippen molar-refractivity contribution in [2.45, 2.75) is 119 Å². The summed E-state index contributed by atoms with van der Waals surface area (Å²) in [5, 5.41) is 10.9. The first-order valence-electron chi connectivity index (χ1n) is 13.6. The van der Waals surface area contributed by atoms with E-state index < -0.39 is 0 Å². The molecule has 0 bridgehead atoms. The quantitative estimate of drug-likeness (QED) is 0.342. The Morgan fingerprint density at radius 1 is 0.875 bits per heavy atom. The number of aldehydes is 1. The summed E-state index contributed by atoms with van der Waals surface area (Å²) in [6.45, 7) is 17.3. The van der Waals surface area contributed by atoms with Gasteiger partial charge >= 0.3 is 0 Å². The van der Waals surface area contributed by atoms with Crippen molar-refractivity contribution in [3.05, 3.63) is 11.6 Å². The van der Waals surface area contributed by atoms with Gasteiger partial charge in [-0.1, -0.05) is 60.1 Å². The maximum Gasteiger partial charge on any atom is 0.126 e. The summed E-state index contributed by atoms with van der Waals surface area (Å²) in [6, 6.07) is 0. The Hall–Kier alpha value is -0.630. The number of carbonyl (C=O) groups excluding carboxylic acids is 1. The highest BCUT2D eigenvalue weighted by atomic mass is 16.3. The van der Waals surface area contributed by atoms with Gasteiger partial charge in [0.05, 0.1) is 6.10 Å². The Morgan fingerprint density at radius 2 is 1.56 bits per heavy atom. The van der Waals surface area contributed by atoms with Crippen molar-refractivity contribution in [2.24, 2.45) is 50.2 Å². The molecule has 180 valence electrons. The van der Waals surface area contributed by atoms with E-state index in [0.29, 0.717) is 28.6 Å². The minimum atomic E-state index is -0.164. The molecule has 2 nitrogen and oxygen atoms in total. The molecule has 0 aromatic rings. The van der Waals surface area contributed by atoms with Gasteiger partial charge in [-0.25, -0.2) is 0 Å². The van der Waals surface area contributed by atoms with Crippen LogP contribution in [0, 0.1) is 50.2 Å². The smallest absolute Gasteiger partial charge is 0.126 e. The van der Waals surface area contributed by atoms with E-state index in [0.717, 1.165) is 25.7 Å². The zero-order valence-electron chi connectivity index (χ0n) is 21.9. The van der Waals surface area contributed by atoms with Crippen molar-refractivity contribution in [2.75, 3.05) is 0 Å². The first-order chi connectivity index (χ1) is 14.8. The lowest BCUT2D eigenvalue weighted by Crippen LogP contribution is -2.64. The van der Waals surface area contributed by atoms with Gasteiger partial charge in [0, 0.05) is 5.41 Å². The molecule has 1 N–H and O–H groups in total. The molecule has 5 aliphatic carbocycles. The van der Waals surface area contributed by atoms with E-state index in [1.54, 1.807) is 5.57 Å². The molecule has 5 aliphatic rings. The maximum atomic E-state index is 12.6. The Balaban J connectivity index is 1.59. The van der Waals surface area contributed by atoms with Crippen LogP contribution in [-0.2, 0) is 4.79 Å². The molecule has 4 saturated carbocycles. The predicted octanol–water partition coefficient (Wildman–Crippen LogP) is 7.35. The molecule has 8 atom stereocenters. The lowest BCUT2D eigenvalue weighted by molar-refractivity contribution is -0.202. The minimum Gasteiger partial charge on any atom is -0.393 e. The highest BCUT2D eigenvalue weighted by molar-refractivity contribution is 5.63. The summed E-state index contributed by atoms with van der Waals surface area (Å²) in [4.78, 5) is 12.6. The van der Waals surface area contributed by atoms with E-state index in [2.05, 4.69) is 54.5 Å². The second-order valence-corrected chi connectivity index (χ2v) is 14.9. The predicted molar refractivity (Wildman–Crippen MR) is 131 cm³/mol. The number of aliphatic hydroxyl groups excluding tert-OH is 1. The van der Waals surface area contributed by atoms with Gasteiger partial charge in [-0.3, -0.25) is 0 Å². The van der Waals surface area contributed by atoms with Crippen molar-refractivity contribution >= 4 is 6.29 Å². The Kier molecular flexibility index (Phi) is 4.87. The Morgan fingerprint density at radius 3 is 2.25 bits per heavy atom. The van der Waals surface area contributed by atoms with Gasteiger partial charge in [0.2, 0.25) is 0 Å². The van der Waals surface area contributed by atoms with Gasteiger partial charge in [0.25, 0.3) is 0 Å². The Bertz CT molecular complexity index is 838. The van der Waals surface area contributed by atoms with E-state index >= 15 is 0 Å². The van der Waals surface area contributed by atoms with Crippen molar-refractivity contribution in [1.82, 2.24) is 0 Å². The van der Waals surface area contributed by atoms with Crippen LogP contribution in [0.25, 0.3) is 0 Å². The van der Waals surface area contributed by atoms with Crippen LogP contribution in [0.3, 0.4) is 0 Å². The van der Waals surface area contributed by atoms with Crippen LogP contribution in [0.1, 0.15) is 113 Å². The molecule has 0 amide bonds. The number of rotatable bonds is 1. The summed E-state index contributed by atoms with van der Waals surface area (Å²) >= 11 is 0. The van der Waals surface area contributed by atoms with Crippen LogP contribution in [0.2, 0.25) is 0 Å². The molecule has 0 saturated heterocycles. The fraction of sp³-hybridized carbons (Fsp3) is 0.900. The highest BCUT2D eigenvalue weighted by Gasteiger charge is 2.68. The molecule has 0 radical (unpaired) electrons. The average Bonchev–Trinajstić information content (AvgIpc) is 2.71. The molecular weight excluding hydrogens is 392 g/mol. The fourth-order valence-electron chi connectivity index (χ4n) is 10.5. The maximum absolute atomic E-state index is 12.6. The lowest BCUT2D eigenvalue weighted by Gasteiger charge is -2.71. The second-order valence-electron chi connectivity index (χ2n) is 14.9. The molecule has 32 heavy (non-hydrogen) atoms. The van der Waals surface area contributed by atoms with Crippen LogP contribution >= 0.6 is 0 Å².